The predicted octanol–water partition coefficient (Wildman–Crippen LogP) is 0.727. The zero-order valence-electron chi connectivity index (χ0n) is 9.29. The second kappa shape index (κ2) is 4.98. The molecule has 0 aromatic carbocycles. The topological polar surface area (TPSA) is 59.0 Å². The largest absolute Gasteiger partial charge is 0.405 e. The van der Waals surface area contributed by atoms with E-state index in [1.807, 2.05) is 6.92 Å². The molecule has 86 valence electrons. The normalized spacial score (nSPS) is 35.7. The molecule has 1 saturated heterocycles. The van der Waals surface area contributed by atoms with E-state index in [0.717, 1.165) is 6.42 Å². The Bertz CT molecular complexity index is 265. The molecule has 1 aliphatic heterocycles. The van der Waals surface area contributed by atoms with E-state index in [-0.39, 0.29) is 18.1 Å². The van der Waals surface area contributed by atoms with Gasteiger partial charge in [0.15, 0.2) is 0 Å². The fourth-order valence-corrected chi connectivity index (χ4v) is 2.71. The van der Waals surface area contributed by atoms with E-state index in [1.165, 1.54) is 11.8 Å². The second-order valence-corrected chi connectivity index (χ2v) is 5.65. The van der Waals surface area contributed by atoms with E-state index in [4.69, 9.17) is 12.6 Å². The third-order valence-corrected chi connectivity index (χ3v) is 4.34. The zero-order chi connectivity index (χ0) is 11.6. The summed E-state index contributed by atoms with van der Waals surface area (Å²) >= 11 is 0. The van der Waals surface area contributed by atoms with Crippen molar-refractivity contribution in [1.82, 2.24) is 4.67 Å². The van der Waals surface area contributed by atoms with Crippen molar-refractivity contribution in [2.45, 2.75) is 37.9 Å². The van der Waals surface area contributed by atoms with Gasteiger partial charge < -0.3 is 14.2 Å². The molecule has 0 aromatic rings. The quantitative estimate of drug-likeness (QED) is 0.572. The highest BCUT2D eigenvalue weighted by molar-refractivity contribution is 7.50. The van der Waals surface area contributed by atoms with Crippen LogP contribution in [0.4, 0.5) is 0 Å². The minimum absolute atomic E-state index is 0.111. The van der Waals surface area contributed by atoms with Crippen LogP contribution in [0.25, 0.3) is 0 Å². The van der Waals surface area contributed by atoms with Crippen LogP contribution in [0, 0.1) is 0 Å². The summed E-state index contributed by atoms with van der Waals surface area (Å²) in [5, 5.41) is 0. The van der Waals surface area contributed by atoms with Crippen LogP contribution < -0.4 is 0 Å². The van der Waals surface area contributed by atoms with Crippen LogP contribution >= 0.6 is 7.75 Å². The third-order valence-electron chi connectivity index (χ3n) is 2.77. The van der Waals surface area contributed by atoms with Crippen molar-refractivity contribution in [3.63, 3.8) is 0 Å². The van der Waals surface area contributed by atoms with Crippen LogP contribution in [0.3, 0.4) is 0 Å². The van der Waals surface area contributed by atoms with Gasteiger partial charge in [-0.05, 0) is 19.9 Å². The standard InChI is InChI=1S/C8H17BNO4P/c1-4-7-6(5-8(9)14-7)10(2)15(11,12)13-3/h6-8H,4-5H2,1-3H3,(H,11,12)/t6?,7-,8-/m1/s1. The molecule has 1 rings (SSSR count). The van der Waals surface area contributed by atoms with Gasteiger partial charge in [-0.25, -0.2) is 9.24 Å². The van der Waals surface area contributed by atoms with Gasteiger partial charge in [0.2, 0.25) is 0 Å². The third kappa shape index (κ3) is 2.83. The SMILES string of the molecule is [B][C@H]1CC(N(C)P(=O)(O)OC)[C@@H](CC)O1. The molecule has 1 fully saturated rings. The van der Waals surface area contributed by atoms with Gasteiger partial charge in [0, 0.05) is 19.2 Å². The van der Waals surface area contributed by atoms with Crippen molar-refractivity contribution in [1.29, 1.82) is 0 Å². The summed E-state index contributed by atoms with van der Waals surface area (Å²) in [5.41, 5.74) is 0. The van der Waals surface area contributed by atoms with Crippen molar-refractivity contribution in [2.75, 3.05) is 14.2 Å². The van der Waals surface area contributed by atoms with E-state index >= 15 is 0 Å². The number of ether oxygens (including phenoxy) is 1. The number of nitrogens with zero attached hydrogens (tertiary/aromatic N) is 1. The maximum absolute atomic E-state index is 11.6. The molecule has 5 nitrogen and oxygen atoms in total. The monoisotopic (exact) mass is 233 g/mol. The van der Waals surface area contributed by atoms with Crippen LogP contribution in [-0.4, -0.2) is 49.7 Å². The Hall–Kier alpha value is 0.135. The van der Waals surface area contributed by atoms with E-state index in [0.29, 0.717) is 6.42 Å². The summed E-state index contributed by atoms with van der Waals surface area (Å²) in [6.45, 7) is 1.96. The fraction of sp³-hybridized carbons (Fsp3) is 1.00. The molecular formula is C8H17BNO4P. The second-order valence-electron chi connectivity index (χ2n) is 3.67. The Morgan fingerprint density at radius 3 is 2.80 bits per heavy atom. The predicted molar refractivity (Wildman–Crippen MR) is 57.7 cm³/mol. The van der Waals surface area contributed by atoms with E-state index in [9.17, 15) is 9.46 Å². The van der Waals surface area contributed by atoms with Gasteiger partial charge in [0.1, 0.15) is 7.85 Å². The molecule has 1 aliphatic rings. The van der Waals surface area contributed by atoms with Crippen LogP contribution in [-0.2, 0) is 13.8 Å². The van der Waals surface area contributed by atoms with Crippen molar-refractivity contribution >= 4 is 15.6 Å². The Morgan fingerprint density at radius 2 is 2.33 bits per heavy atom. The van der Waals surface area contributed by atoms with Crippen molar-refractivity contribution in [3.05, 3.63) is 0 Å². The maximum atomic E-state index is 11.6. The molecule has 7 heteroatoms. The first kappa shape index (κ1) is 13.2. The highest BCUT2D eigenvalue weighted by Crippen LogP contribution is 2.48. The van der Waals surface area contributed by atoms with Gasteiger partial charge in [-0.15, -0.1) is 0 Å². The molecule has 1 N–H and O–H groups in total. The van der Waals surface area contributed by atoms with Gasteiger partial charge >= 0.3 is 7.75 Å². The summed E-state index contributed by atoms with van der Waals surface area (Å²) in [6, 6.07) is -0.528. The first-order valence-electron chi connectivity index (χ1n) is 4.95. The highest BCUT2D eigenvalue weighted by Gasteiger charge is 2.40. The average molecular weight is 233 g/mol. The lowest BCUT2D eigenvalue weighted by molar-refractivity contribution is 0.0617. The number of rotatable bonds is 4. The molecule has 0 amide bonds. The maximum Gasteiger partial charge on any atom is 0.405 e. The lowest BCUT2D eigenvalue weighted by Crippen LogP contribution is -2.36. The lowest BCUT2D eigenvalue weighted by atomic mass is 9.94. The lowest BCUT2D eigenvalue weighted by Gasteiger charge is -2.29. The minimum atomic E-state index is -3.69. The molecule has 4 atom stereocenters. The van der Waals surface area contributed by atoms with Crippen LogP contribution in [0.1, 0.15) is 19.8 Å². The molecule has 15 heavy (non-hydrogen) atoms. The smallest absolute Gasteiger partial charge is 0.383 e. The summed E-state index contributed by atoms with van der Waals surface area (Å²) in [4.78, 5) is 9.51. The van der Waals surface area contributed by atoms with Crippen molar-refractivity contribution < 1.29 is 18.7 Å². The zero-order valence-corrected chi connectivity index (χ0v) is 10.2. The Balaban J connectivity index is 2.74. The van der Waals surface area contributed by atoms with Gasteiger partial charge in [-0.3, -0.25) is 0 Å². The van der Waals surface area contributed by atoms with Gasteiger partial charge in [-0.1, -0.05) is 6.92 Å². The van der Waals surface area contributed by atoms with E-state index in [2.05, 4.69) is 4.52 Å². The molecule has 2 unspecified atom stereocenters. The molecule has 0 aliphatic carbocycles. The van der Waals surface area contributed by atoms with Gasteiger partial charge in [0.25, 0.3) is 0 Å². The van der Waals surface area contributed by atoms with E-state index in [1.54, 1.807) is 7.05 Å². The van der Waals surface area contributed by atoms with Crippen molar-refractivity contribution in [3.8, 4) is 0 Å². The summed E-state index contributed by atoms with van der Waals surface area (Å²) in [6.07, 6.45) is 1.19. The van der Waals surface area contributed by atoms with Crippen LogP contribution in [0.2, 0.25) is 0 Å². The Kier molecular flexibility index (Phi) is 4.38. The molecule has 2 radical (unpaired) electrons. The fourth-order valence-electron chi connectivity index (χ4n) is 1.84. The number of hydrogen-bond acceptors (Lipinski definition) is 3. The molecule has 0 aromatic heterocycles. The van der Waals surface area contributed by atoms with Gasteiger partial charge in [0.05, 0.1) is 6.10 Å². The molecular weight excluding hydrogens is 216 g/mol. The number of likely N-dealkylation sites (N-methyl/N-ethyl adjacent to an activating group) is 1. The van der Waals surface area contributed by atoms with Crippen LogP contribution in [0.5, 0.6) is 0 Å². The minimum Gasteiger partial charge on any atom is -0.383 e. The van der Waals surface area contributed by atoms with E-state index < -0.39 is 7.75 Å². The first-order chi connectivity index (χ1) is 6.92. The molecule has 1 heterocycles. The Labute approximate surface area is 91.7 Å². The van der Waals surface area contributed by atoms with Crippen LogP contribution in [0.15, 0.2) is 0 Å². The Morgan fingerprint density at radius 1 is 1.73 bits per heavy atom. The average Bonchev–Trinajstić information content (AvgIpc) is 2.58. The molecule has 0 bridgehead atoms. The highest BCUT2D eigenvalue weighted by atomic mass is 31.2. The number of hydrogen-bond donors (Lipinski definition) is 1. The summed E-state index contributed by atoms with van der Waals surface area (Å²) < 4.78 is 22.9. The summed E-state index contributed by atoms with van der Waals surface area (Å²) in [7, 11) is 4.73. The van der Waals surface area contributed by atoms with Gasteiger partial charge in [-0.2, -0.15) is 0 Å². The first-order valence-corrected chi connectivity index (χ1v) is 6.48. The summed E-state index contributed by atoms with van der Waals surface area (Å²) in [5.74, 6) is 0. The molecule has 0 saturated carbocycles. The van der Waals surface area contributed by atoms with Crippen molar-refractivity contribution in [2.24, 2.45) is 0 Å². The molecule has 0 spiro atoms.